The topological polar surface area (TPSA) is 57.6 Å². The predicted octanol–water partition coefficient (Wildman–Crippen LogP) is 1.86. The van der Waals surface area contributed by atoms with Gasteiger partial charge in [-0.3, -0.25) is 9.59 Å². The molecule has 0 spiro atoms. The van der Waals surface area contributed by atoms with Crippen molar-refractivity contribution in [3.8, 4) is 0 Å². The molecule has 4 nitrogen and oxygen atoms in total. The first kappa shape index (κ1) is 17.3. The molecule has 4 heteroatoms. The van der Waals surface area contributed by atoms with E-state index in [0.717, 1.165) is 0 Å². The number of likely N-dealkylation sites (N-methyl/N-ethyl adjacent to an activating group) is 1. The third kappa shape index (κ3) is 5.66. The van der Waals surface area contributed by atoms with Crippen LogP contribution in [0.2, 0.25) is 0 Å². The Morgan fingerprint density at radius 2 is 2.11 bits per heavy atom. The molecule has 0 aromatic carbocycles. The first-order valence-corrected chi connectivity index (χ1v) is 6.37. The van der Waals surface area contributed by atoms with Crippen LogP contribution in [0.4, 0.5) is 0 Å². The van der Waals surface area contributed by atoms with E-state index < -0.39 is 6.10 Å². The standard InChI is InChI=1S/C15H23NO3/c1-5-8-13(18)10-16(4)15(19)14(9-6-2)12(7-3)11-17/h5-6,9,11,13,18H,1,7-8,10H2,2-4H3/b9-6-,14-12-. The maximum atomic E-state index is 12.3. The highest BCUT2D eigenvalue weighted by Crippen LogP contribution is 2.12. The van der Waals surface area contributed by atoms with Crippen LogP contribution in [-0.4, -0.2) is 41.9 Å². The number of carbonyl (C=O) groups is 2. The Morgan fingerprint density at radius 3 is 2.53 bits per heavy atom. The molecule has 0 aliphatic heterocycles. The number of aliphatic hydroxyl groups is 1. The molecule has 0 aromatic rings. The summed E-state index contributed by atoms with van der Waals surface area (Å²) >= 11 is 0. The summed E-state index contributed by atoms with van der Waals surface area (Å²) in [7, 11) is 1.61. The summed E-state index contributed by atoms with van der Waals surface area (Å²) in [4.78, 5) is 24.7. The van der Waals surface area contributed by atoms with Crippen LogP contribution in [0.25, 0.3) is 0 Å². The monoisotopic (exact) mass is 265 g/mol. The van der Waals surface area contributed by atoms with Gasteiger partial charge in [0.25, 0.3) is 5.91 Å². The van der Waals surface area contributed by atoms with Crippen LogP contribution in [-0.2, 0) is 9.59 Å². The molecule has 0 radical (unpaired) electrons. The van der Waals surface area contributed by atoms with Gasteiger partial charge in [0.1, 0.15) is 6.29 Å². The van der Waals surface area contributed by atoms with Crippen LogP contribution < -0.4 is 0 Å². The number of amides is 1. The van der Waals surface area contributed by atoms with E-state index in [9.17, 15) is 14.7 Å². The van der Waals surface area contributed by atoms with Gasteiger partial charge in [0, 0.05) is 24.7 Å². The van der Waals surface area contributed by atoms with Gasteiger partial charge < -0.3 is 10.0 Å². The Balaban J connectivity index is 5.06. The normalized spacial score (nSPS) is 13.9. The second-order valence-corrected chi connectivity index (χ2v) is 4.27. The number of aliphatic hydroxyl groups excluding tert-OH is 1. The minimum Gasteiger partial charge on any atom is -0.391 e. The van der Waals surface area contributed by atoms with E-state index in [4.69, 9.17) is 0 Å². The van der Waals surface area contributed by atoms with Crippen molar-refractivity contribution in [1.29, 1.82) is 0 Å². The number of nitrogens with zero attached hydrogens (tertiary/aromatic N) is 1. The van der Waals surface area contributed by atoms with Crippen molar-refractivity contribution >= 4 is 12.2 Å². The third-order valence-electron chi connectivity index (χ3n) is 2.70. The predicted molar refractivity (Wildman–Crippen MR) is 76.7 cm³/mol. The van der Waals surface area contributed by atoms with Crippen LogP contribution in [0.5, 0.6) is 0 Å². The molecule has 1 unspecified atom stereocenters. The summed E-state index contributed by atoms with van der Waals surface area (Å²) in [5.41, 5.74) is 0.849. The van der Waals surface area contributed by atoms with Crippen molar-refractivity contribution in [3.63, 3.8) is 0 Å². The Hall–Kier alpha value is -1.68. The smallest absolute Gasteiger partial charge is 0.254 e. The van der Waals surface area contributed by atoms with E-state index in [1.807, 2.05) is 6.92 Å². The molecule has 0 bridgehead atoms. The lowest BCUT2D eigenvalue weighted by atomic mass is 10.0. The fourth-order valence-corrected chi connectivity index (χ4v) is 1.69. The van der Waals surface area contributed by atoms with Gasteiger partial charge in [-0.2, -0.15) is 0 Å². The van der Waals surface area contributed by atoms with Crippen molar-refractivity contribution in [3.05, 3.63) is 36.0 Å². The SMILES string of the molecule is C=CCC(O)CN(C)C(=O)C(/C=C\C)=C(\C=O)CC. The number of hydrogen-bond acceptors (Lipinski definition) is 3. The zero-order chi connectivity index (χ0) is 14.8. The van der Waals surface area contributed by atoms with Gasteiger partial charge in [-0.25, -0.2) is 0 Å². The highest BCUT2D eigenvalue weighted by molar-refractivity contribution is 6.01. The largest absolute Gasteiger partial charge is 0.391 e. The summed E-state index contributed by atoms with van der Waals surface area (Å²) < 4.78 is 0. The summed E-state index contributed by atoms with van der Waals surface area (Å²) in [6.07, 6.45) is 5.95. The fourth-order valence-electron chi connectivity index (χ4n) is 1.69. The van der Waals surface area contributed by atoms with E-state index in [-0.39, 0.29) is 12.5 Å². The van der Waals surface area contributed by atoms with Crippen molar-refractivity contribution in [2.45, 2.75) is 32.8 Å². The van der Waals surface area contributed by atoms with Crippen molar-refractivity contribution in [2.24, 2.45) is 0 Å². The molecule has 0 rings (SSSR count). The first-order valence-electron chi connectivity index (χ1n) is 6.37. The molecule has 106 valence electrons. The quantitative estimate of drug-likeness (QED) is 0.315. The molecule has 1 N–H and O–H groups in total. The molecule has 0 saturated carbocycles. The Labute approximate surface area is 115 Å². The molecule has 19 heavy (non-hydrogen) atoms. The Kier molecular flexibility index (Phi) is 8.46. The second kappa shape index (κ2) is 9.28. The van der Waals surface area contributed by atoms with Gasteiger partial charge in [-0.15, -0.1) is 6.58 Å². The summed E-state index contributed by atoms with van der Waals surface area (Å²) in [6.45, 7) is 7.37. The minimum atomic E-state index is -0.639. The third-order valence-corrected chi connectivity index (χ3v) is 2.70. The molecule has 0 aliphatic carbocycles. The number of aldehydes is 1. The average molecular weight is 265 g/mol. The highest BCUT2D eigenvalue weighted by atomic mass is 16.3. The molecular weight excluding hydrogens is 242 g/mol. The Bertz CT molecular complexity index is 383. The molecule has 0 saturated heterocycles. The van der Waals surface area contributed by atoms with Crippen LogP contribution >= 0.6 is 0 Å². The van der Waals surface area contributed by atoms with Crippen LogP contribution in [0.1, 0.15) is 26.7 Å². The molecular formula is C15H23NO3. The summed E-state index contributed by atoms with van der Waals surface area (Å²) in [6, 6.07) is 0. The molecule has 0 aliphatic rings. The van der Waals surface area contributed by atoms with Gasteiger partial charge in [0.2, 0.25) is 0 Å². The van der Waals surface area contributed by atoms with Crippen LogP contribution in [0.3, 0.4) is 0 Å². The van der Waals surface area contributed by atoms with Gasteiger partial charge in [0.05, 0.1) is 6.10 Å². The molecule has 0 fully saturated rings. The maximum absolute atomic E-state index is 12.3. The summed E-state index contributed by atoms with van der Waals surface area (Å²) in [5, 5.41) is 9.66. The lowest BCUT2D eigenvalue weighted by Crippen LogP contribution is -2.35. The first-order chi connectivity index (χ1) is 9.01. The molecule has 0 aromatic heterocycles. The van der Waals surface area contributed by atoms with E-state index in [2.05, 4.69) is 6.58 Å². The van der Waals surface area contributed by atoms with Crippen molar-refractivity contribution in [1.82, 2.24) is 4.90 Å². The zero-order valence-corrected chi connectivity index (χ0v) is 11.9. The van der Waals surface area contributed by atoms with E-state index in [1.54, 1.807) is 32.2 Å². The van der Waals surface area contributed by atoms with E-state index >= 15 is 0 Å². The van der Waals surface area contributed by atoms with Gasteiger partial charge >= 0.3 is 0 Å². The highest BCUT2D eigenvalue weighted by Gasteiger charge is 2.18. The number of rotatable bonds is 8. The number of carbonyl (C=O) groups excluding carboxylic acids is 2. The van der Waals surface area contributed by atoms with Crippen LogP contribution in [0, 0.1) is 0 Å². The van der Waals surface area contributed by atoms with Gasteiger partial charge in [-0.1, -0.05) is 25.2 Å². The van der Waals surface area contributed by atoms with E-state index in [0.29, 0.717) is 30.3 Å². The lowest BCUT2D eigenvalue weighted by molar-refractivity contribution is -0.127. The molecule has 1 atom stereocenters. The average Bonchev–Trinajstić information content (AvgIpc) is 2.38. The number of hydrogen-bond donors (Lipinski definition) is 1. The Morgan fingerprint density at radius 1 is 1.47 bits per heavy atom. The van der Waals surface area contributed by atoms with Crippen molar-refractivity contribution in [2.75, 3.05) is 13.6 Å². The van der Waals surface area contributed by atoms with Gasteiger partial charge in [0.15, 0.2) is 0 Å². The minimum absolute atomic E-state index is 0.210. The maximum Gasteiger partial charge on any atom is 0.254 e. The lowest BCUT2D eigenvalue weighted by Gasteiger charge is -2.21. The summed E-state index contributed by atoms with van der Waals surface area (Å²) in [5.74, 6) is -0.259. The van der Waals surface area contributed by atoms with Crippen LogP contribution in [0.15, 0.2) is 36.0 Å². The molecule has 1 amide bonds. The van der Waals surface area contributed by atoms with Gasteiger partial charge in [-0.05, 0) is 19.8 Å². The van der Waals surface area contributed by atoms with E-state index in [1.165, 1.54) is 4.90 Å². The second-order valence-electron chi connectivity index (χ2n) is 4.27. The number of allylic oxidation sites excluding steroid dienone is 2. The molecule has 0 heterocycles. The van der Waals surface area contributed by atoms with Crippen molar-refractivity contribution < 1.29 is 14.7 Å². The zero-order valence-electron chi connectivity index (χ0n) is 11.9. The fraction of sp³-hybridized carbons (Fsp3) is 0.467.